The summed E-state index contributed by atoms with van der Waals surface area (Å²) in [4.78, 5) is 18.1. The smallest absolute Gasteiger partial charge is 0.271 e. The van der Waals surface area contributed by atoms with Crippen molar-refractivity contribution < 1.29 is 4.79 Å². The SMILES string of the molecule is CNC(=O)c1ccc(N2CCCC(Cn3nc(C)nc3C)C2)nn1. The summed E-state index contributed by atoms with van der Waals surface area (Å²) in [6.45, 7) is 6.64. The van der Waals surface area contributed by atoms with Crippen LogP contribution in [0.1, 0.15) is 35.0 Å². The second-order valence-electron chi connectivity index (χ2n) is 6.20. The molecule has 1 atom stereocenters. The lowest BCUT2D eigenvalue weighted by molar-refractivity contribution is 0.0957. The lowest BCUT2D eigenvalue weighted by atomic mass is 9.98. The number of aryl methyl sites for hydroxylation is 2. The summed E-state index contributed by atoms with van der Waals surface area (Å²) in [7, 11) is 1.58. The molecule has 1 amide bonds. The summed E-state index contributed by atoms with van der Waals surface area (Å²) in [5.41, 5.74) is 0.337. The molecule has 0 radical (unpaired) electrons. The third-order valence-electron chi connectivity index (χ3n) is 4.35. The number of aromatic nitrogens is 5. The third kappa shape index (κ3) is 3.52. The highest BCUT2D eigenvalue weighted by atomic mass is 16.1. The Morgan fingerprint density at radius 1 is 1.33 bits per heavy atom. The minimum atomic E-state index is -0.220. The Morgan fingerprint density at radius 3 is 2.79 bits per heavy atom. The van der Waals surface area contributed by atoms with Crippen LogP contribution in [0.2, 0.25) is 0 Å². The van der Waals surface area contributed by atoms with Gasteiger partial charge in [-0.15, -0.1) is 10.2 Å². The number of hydrogen-bond acceptors (Lipinski definition) is 6. The molecule has 3 heterocycles. The molecule has 1 aliphatic heterocycles. The van der Waals surface area contributed by atoms with Crippen LogP contribution in [-0.4, -0.2) is 51.0 Å². The van der Waals surface area contributed by atoms with Crippen LogP contribution in [0, 0.1) is 19.8 Å². The number of rotatable bonds is 4. The maximum atomic E-state index is 11.5. The van der Waals surface area contributed by atoms with E-state index < -0.39 is 0 Å². The van der Waals surface area contributed by atoms with Gasteiger partial charge in [-0.25, -0.2) is 9.67 Å². The first-order chi connectivity index (χ1) is 11.6. The molecule has 1 N–H and O–H groups in total. The van der Waals surface area contributed by atoms with Crippen LogP contribution in [0.4, 0.5) is 5.82 Å². The molecule has 3 rings (SSSR count). The van der Waals surface area contributed by atoms with Crippen LogP contribution in [-0.2, 0) is 6.54 Å². The number of carbonyl (C=O) groups is 1. The molecule has 2 aromatic heterocycles. The Morgan fingerprint density at radius 2 is 2.17 bits per heavy atom. The van der Waals surface area contributed by atoms with Gasteiger partial charge < -0.3 is 10.2 Å². The number of nitrogens with one attached hydrogen (secondary N) is 1. The van der Waals surface area contributed by atoms with Crippen molar-refractivity contribution in [1.82, 2.24) is 30.3 Å². The van der Waals surface area contributed by atoms with E-state index >= 15 is 0 Å². The number of hydrogen-bond donors (Lipinski definition) is 1. The first kappa shape index (κ1) is 16.4. The van der Waals surface area contributed by atoms with Gasteiger partial charge in [0.15, 0.2) is 11.5 Å². The Kier molecular flexibility index (Phi) is 4.73. The summed E-state index contributed by atoms with van der Waals surface area (Å²) >= 11 is 0. The largest absolute Gasteiger partial charge is 0.355 e. The van der Waals surface area contributed by atoms with Crippen molar-refractivity contribution in [3.05, 3.63) is 29.5 Å². The quantitative estimate of drug-likeness (QED) is 0.899. The third-order valence-corrected chi connectivity index (χ3v) is 4.35. The lowest BCUT2D eigenvalue weighted by Gasteiger charge is -2.33. The van der Waals surface area contributed by atoms with E-state index in [1.165, 1.54) is 6.42 Å². The van der Waals surface area contributed by atoms with E-state index in [9.17, 15) is 4.79 Å². The molecule has 2 aromatic rings. The van der Waals surface area contributed by atoms with E-state index in [0.717, 1.165) is 43.5 Å². The van der Waals surface area contributed by atoms with Gasteiger partial charge in [0, 0.05) is 26.7 Å². The summed E-state index contributed by atoms with van der Waals surface area (Å²) in [6, 6.07) is 3.58. The fraction of sp³-hybridized carbons (Fsp3) is 0.562. The molecule has 1 fully saturated rings. The molecule has 0 aromatic carbocycles. The van der Waals surface area contributed by atoms with E-state index in [-0.39, 0.29) is 5.91 Å². The second kappa shape index (κ2) is 6.94. The van der Waals surface area contributed by atoms with Crippen molar-refractivity contribution in [3.8, 4) is 0 Å². The molecule has 0 bridgehead atoms. The molecular weight excluding hydrogens is 306 g/mol. The van der Waals surface area contributed by atoms with Gasteiger partial charge >= 0.3 is 0 Å². The van der Waals surface area contributed by atoms with Crippen LogP contribution < -0.4 is 10.2 Å². The lowest BCUT2D eigenvalue weighted by Crippen LogP contribution is -2.38. The minimum Gasteiger partial charge on any atom is -0.355 e. The number of anilines is 1. The Labute approximate surface area is 141 Å². The van der Waals surface area contributed by atoms with Crippen molar-refractivity contribution in [2.24, 2.45) is 5.92 Å². The highest BCUT2D eigenvalue weighted by Crippen LogP contribution is 2.22. The number of amides is 1. The van der Waals surface area contributed by atoms with Gasteiger partial charge in [-0.05, 0) is 44.7 Å². The van der Waals surface area contributed by atoms with Crippen molar-refractivity contribution in [2.75, 3.05) is 25.0 Å². The summed E-state index contributed by atoms with van der Waals surface area (Å²) in [5, 5.41) is 15.2. The summed E-state index contributed by atoms with van der Waals surface area (Å²) in [6.07, 6.45) is 2.27. The van der Waals surface area contributed by atoms with Crippen LogP contribution in [0.5, 0.6) is 0 Å². The monoisotopic (exact) mass is 329 g/mol. The van der Waals surface area contributed by atoms with Crippen molar-refractivity contribution in [2.45, 2.75) is 33.2 Å². The zero-order valence-electron chi connectivity index (χ0n) is 14.4. The van der Waals surface area contributed by atoms with Gasteiger partial charge in [0.1, 0.15) is 11.6 Å². The predicted octanol–water partition coefficient (Wildman–Crippen LogP) is 0.961. The number of piperidine rings is 1. The predicted molar refractivity (Wildman–Crippen MR) is 89.9 cm³/mol. The molecule has 1 saturated heterocycles. The molecular formula is C16H23N7O. The molecule has 0 spiro atoms. The highest BCUT2D eigenvalue weighted by molar-refractivity contribution is 5.91. The maximum absolute atomic E-state index is 11.5. The fourth-order valence-electron chi connectivity index (χ4n) is 3.14. The summed E-state index contributed by atoms with van der Waals surface area (Å²) < 4.78 is 1.99. The van der Waals surface area contributed by atoms with Gasteiger partial charge in [0.05, 0.1) is 0 Å². The average molecular weight is 329 g/mol. The van der Waals surface area contributed by atoms with Crippen molar-refractivity contribution in [1.29, 1.82) is 0 Å². The van der Waals surface area contributed by atoms with E-state index in [2.05, 4.69) is 30.5 Å². The van der Waals surface area contributed by atoms with Crippen LogP contribution in [0.25, 0.3) is 0 Å². The number of nitrogens with zero attached hydrogens (tertiary/aromatic N) is 6. The van der Waals surface area contributed by atoms with Crippen LogP contribution >= 0.6 is 0 Å². The van der Waals surface area contributed by atoms with Crippen molar-refractivity contribution >= 4 is 11.7 Å². The molecule has 0 saturated carbocycles. The van der Waals surface area contributed by atoms with Crippen LogP contribution in [0.3, 0.4) is 0 Å². The zero-order chi connectivity index (χ0) is 17.1. The summed E-state index contributed by atoms with van der Waals surface area (Å²) in [5.74, 6) is 2.87. The molecule has 8 nitrogen and oxygen atoms in total. The average Bonchev–Trinajstić information content (AvgIpc) is 2.92. The van der Waals surface area contributed by atoms with E-state index in [0.29, 0.717) is 11.6 Å². The van der Waals surface area contributed by atoms with Gasteiger partial charge in [0.2, 0.25) is 0 Å². The highest BCUT2D eigenvalue weighted by Gasteiger charge is 2.23. The normalized spacial score (nSPS) is 17.8. The van der Waals surface area contributed by atoms with Gasteiger partial charge in [-0.3, -0.25) is 4.79 Å². The Balaban J connectivity index is 1.67. The zero-order valence-corrected chi connectivity index (χ0v) is 14.4. The molecule has 24 heavy (non-hydrogen) atoms. The van der Waals surface area contributed by atoms with Gasteiger partial charge in [-0.1, -0.05) is 0 Å². The van der Waals surface area contributed by atoms with Crippen LogP contribution in [0.15, 0.2) is 12.1 Å². The second-order valence-corrected chi connectivity index (χ2v) is 6.20. The minimum absolute atomic E-state index is 0.220. The molecule has 8 heteroatoms. The molecule has 1 aliphatic rings. The van der Waals surface area contributed by atoms with E-state index in [1.807, 2.05) is 24.6 Å². The molecule has 1 unspecified atom stereocenters. The van der Waals surface area contributed by atoms with Gasteiger partial charge in [-0.2, -0.15) is 5.10 Å². The standard InChI is InChI=1S/C16H23N7O/c1-11-18-12(2)23(21-11)10-13-5-4-8-22(9-13)15-7-6-14(19-20-15)16(24)17-3/h6-7,13H,4-5,8-10H2,1-3H3,(H,17,24). The topological polar surface area (TPSA) is 88.8 Å². The number of carbonyl (C=O) groups excluding carboxylic acids is 1. The Hall–Kier alpha value is -2.51. The van der Waals surface area contributed by atoms with Gasteiger partial charge in [0.25, 0.3) is 5.91 Å². The Bertz CT molecular complexity index is 710. The van der Waals surface area contributed by atoms with Crippen molar-refractivity contribution in [3.63, 3.8) is 0 Å². The van der Waals surface area contributed by atoms with E-state index in [1.54, 1.807) is 13.1 Å². The van der Waals surface area contributed by atoms with E-state index in [4.69, 9.17) is 0 Å². The fourth-order valence-corrected chi connectivity index (χ4v) is 3.14. The maximum Gasteiger partial charge on any atom is 0.271 e. The molecule has 128 valence electrons. The first-order valence-electron chi connectivity index (χ1n) is 8.25. The molecule has 0 aliphatic carbocycles. The first-order valence-corrected chi connectivity index (χ1v) is 8.25.